The van der Waals surface area contributed by atoms with Crippen molar-refractivity contribution >= 4 is 5.82 Å². The van der Waals surface area contributed by atoms with Gasteiger partial charge in [0.25, 0.3) is 0 Å². The number of nitrogen functional groups attached to an aromatic ring is 1. The molecule has 1 fully saturated rings. The van der Waals surface area contributed by atoms with Crippen molar-refractivity contribution < 1.29 is 0 Å². The predicted molar refractivity (Wildman–Crippen MR) is 66.5 cm³/mol. The van der Waals surface area contributed by atoms with Crippen molar-refractivity contribution in [2.75, 3.05) is 5.73 Å². The average Bonchev–Trinajstić information content (AvgIpc) is 2.97. The summed E-state index contributed by atoms with van der Waals surface area (Å²) in [4.78, 5) is 8.80. The number of aryl methyl sites for hydroxylation is 1. The first-order valence-corrected chi connectivity index (χ1v) is 6.07. The largest absolute Gasteiger partial charge is 0.383 e. The van der Waals surface area contributed by atoms with E-state index >= 15 is 0 Å². The zero-order valence-electron chi connectivity index (χ0n) is 10.2. The SMILES string of the molecule is CCn1c(C)nc(-c2cncn2C2CC2)c1N. The molecular formula is C12H17N5. The predicted octanol–water partition coefficient (Wildman–Crippen LogP) is 1.99. The Kier molecular flexibility index (Phi) is 2.21. The minimum Gasteiger partial charge on any atom is -0.383 e. The first kappa shape index (κ1) is 10.4. The van der Waals surface area contributed by atoms with E-state index < -0.39 is 0 Å². The van der Waals surface area contributed by atoms with E-state index in [1.165, 1.54) is 12.8 Å². The van der Waals surface area contributed by atoms with E-state index in [0.29, 0.717) is 6.04 Å². The van der Waals surface area contributed by atoms with Crippen LogP contribution in [0.1, 0.15) is 31.6 Å². The van der Waals surface area contributed by atoms with Gasteiger partial charge < -0.3 is 14.9 Å². The standard InChI is InChI=1S/C12H17N5/c1-3-16-8(2)15-11(12(16)13)10-6-14-7-17(10)9-4-5-9/h6-7,9H,3-5,13H2,1-2H3. The van der Waals surface area contributed by atoms with E-state index in [1.807, 2.05) is 24.0 Å². The van der Waals surface area contributed by atoms with E-state index in [0.717, 1.165) is 29.6 Å². The van der Waals surface area contributed by atoms with Crippen LogP contribution >= 0.6 is 0 Å². The zero-order chi connectivity index (χ0) is 12.0. The van der Waals surface area contributed by atoms with Gasteiger partial charge in [-0.25, -0.2) is 9.97 Å². The van der Waals surface area contributed by atoms with E-state index in [9.17, 15) is 0 Å². The smallest absolute Gasteiger partial charge is 0.133 e. The summed E-state index contributed by atoms with van der Waals surface area (Å²) in [6.07, 6.45) is 6.21. The second kappa shape index (κ2) is 3.61. The van der Waals surface area contributed by atoms with Gasteiger partial charge in [0.2, 0.25) is 0 Å². The lowest BCUT2D eigenvalue weighted by Crippen LogP contribution is -2.03. The second-order valence-corrected chi connectivity index (χ2v) is 4.55. The topological polar surface area (TPSA) is 61.7 Å². The fourth-order valence-electron chi connectivity index (χ4n) is 2.30. The first-order valence-electron chi connectivity index (χ1n) is 6.07. The molecule has 0 amide bonds. The molecule has 0 unspecified atom stereocenters. The van der Waals surface area contributed by atoms with Crippen molar-refractivity contribution in [2.24, 2.45) is 0 Å². The van der Waals surface area contributed by atoms with Crippen molar-refractivity contribution in [3.63, 3.8) is 0 Å². The Morgan fingerprint density at radius 2 is 2.24 bits per heavy atom. The Balaban J connectivity index is 2.11. The van der Waals surface area contributed by atoms with Crippen LogP contribution in [0.2, 0.25) is 0 Å². The molecule has 90 valence electrons. The van der Waals surface area contributed by atoms with Gasteiger partial charge in [0.15, 0.2) is 0 Å². The minimum atomic E-state index is 0.596. The third-order valence-electron chi connectivity index (χ3n) is 3.36. The normalized spacial score (nSPS) is 15.4. The molecule has 2 heterocycles. The molecule has 0 saturated heterocycles. The lowest BCUT2D eigenvalue weighted by molar-refractivity contribution is 0.739. The van der Waals surface area contributed by atoms with Crippen LogP contribution in [-0.4, -0.2) is 19.1 Å². The molecule has 5 nitrogen and oxygen atoms in total. The molecule has 2 aromatic rings. The first-order chi connectivity index (χ1) is 8.22. The number of hydrogen-bond acceptors (Lipinski definition) is 3. The highest BCUT2D eigenvalue weighted by molar-refractivity contribution is 5.68. The quantitative estimate of drug-likeness (QED) is 0.878. The Morgan fingerprint density at radius 1 is 1.47 bits per heavy atom. The van der Waals surface area contributed by atoms with Crippen LogP contribution in [0.15, 0.2) is 12.5 Å². The van der Waals surface area contributed by atoms with E-state index in [-0.39, 0.29) is 0 Å². The number of rotatable bonds is 3. The molecule has 0 radical (unpaired) electrons. The third kappa shape index (κ3) is 1.53. The van der Waals surface area contributed by atoms with Crippen LogP contribution < -0.4 is 5.73 Å². The summed E-state index contributed by atoms with van der Waals surface area (Å²) >= 11 is 0. The van der Waals surface area contributed by atoms with Gasteiger partial charge in [-0.05, 0) is 26.7 Å². The zero-order valence-corrected chi connectivity index (χ0v) is 10.2. The molecule has 0 bridgehead atoms. The van der Waals surface area contributed by atoms with E-state index in [2.05, 4.69) is 21.5 Å². The highest BCUT2D eigenvalue weighted by Crippen LogP contribution is 2.39. The van der Waals surface area contributed by atoms with Crippen molar-refractivity contribution in [2.45, 2.75) is 39.3 Å². The van der Waals surface area contributed by atoms with Crippen LogP contribution in [0, 0.1) is 6.92 Å². The highest BCUT2D eigenvalue weighted by atomic mass is 15.2. The fraction of sp³-hybridized carbons (Fsp3) is 0.500. The molecule has 1 saturated carbocycles. The van der Waals surface area contributed by atoms with Gasteiger partial charge in [-0.2, -0.15) is 0 Å². The van der Waals surface area contributed by atoms with Gasteiger partial charge >= 0.3 is 0 Å². The van der Waals surface area contributed by atoms with Crippen molar-refractivity contribution in [3.8, 4) is 11.4 Å². The minimum absolute atomic E-state index is 0.596. The molecule has 1 aliphatic carbocycles. The summed E-state index contributed by atoms with van der Waals surface area (Å²) in [6.45, 7) is 4.91. The van der Waals surface area contributed by atoms with Crippen LogP contribution in [0.25, 0.3) is 11.4 Å². The Hall–Kier alpha value is -1.78. The van der Waals surface area contributed by atoms with Gasteiger partial charge in [-0.3, -0.25) is 0 Å². The maximum absolute atomic E-state index is 6.15. The molecular weight excluding hydrogens is 214 g/mol. The number of nitrogens with two attached hydrogens (primary N) is 1. The molecule has 0 spiro atoms. The molecule has 3 rings (SSSR count). The lowest BCUT2D eigenvalue weighted by atomic mass is 10.3. The average molecular weight is 231 g/mol. The third-order valence-corrected chi connectivity index (χ3v) is 3.36. The van der Waals surface area contributed by atoms with Gasteiger partial charge in [0.1, 0.15) is 17.3 Å². The Bertz CT molecular complexity index is 547. The summed E-state index contributed by atoms with van der Waals surface area (Å²) < 4.78 is 4.22. The second-order valence-electron chi connectivity index (χ2n) is 4.55. The Morgan fingerprint density at radius 3 is 2.82 bits per heavy atom. The maximum atomic E-state index is 6.15. The number of imidazole rings is 2. The number of nitrogens with zero attached hydrogens (tertiary/aromatic N) is 4. The van der Waals surface area contributed by atoms with Crippen molar-refractivity contribution in [1.29, 1.82) is 0 Å². The van der Waals surface area contributed by atoms with Crippen molar-refractivity contribution in [1.82, 2.24) is 19.1 Å². The molecule has 5 heteroatoms. The molecule has 0 aliphatic heterocycles. The molecule has 17 heavy (non-hydrogen) atoms. The van der Waals surface area contributed by atoms with Crippen LogP contribution in [0.3, 0.4) is 0 Å². The van der Waals surface area contributed by atoms with Crippen LogP contribution in [0.5, 0.6) is 0 Å². The summed E-state index contributed by atoms with van der Waals surface area (Å²) in [6, 6.07) is 0.596. The molecule has 0 atom stereocenters. The Labute approximate surface area is 100 Å². The summed E-state index contributed by atoms with van der Waals surface area (Å²) in [7, 11) is 0. The monoisotopic (exact) mass is 231 g/mol. The number of anilines is 1. The molecule has 0 aromatic carbocycles. The lowest BCUT2D eigenvalue weighted by Gasteiger charge is -2.06. The van der Waals surface area contributed by atoms with Gasteiger partial charge in [0.05, 0.1) is 18.2 Å². The maximum Gasteiger partial charge on any atom is 0.133 e. The highest BCUT2D eigenvalue weighted by Gasteiger charge is 2.27. The van der Waals surface area contributed by atoms with E-state index in [4.69, 9.17) is 5.73 Å². The van der Waals surface area contributed by atoms with Gasteiger partial charge in [-0.1, -0.05) is 0 Å². The van der Waals surface area contributed by atoms with E-state index in [1.54, 1.807) is 0 Å². The van der Waals surface area contributed by atoms with Crippen molar-refractivity contribution in [3.05, 3.63) is 18.3 Å². The number of hydrogen-bond donors (Lipinski definition) is 1. The van der Waals surface area contributed by atoms with Crippen LogP contribution in [-0.2, 0) is 6.54 Å². The van der Waals surface area contributed by atoms with Crippen LogP contribution in [0.4, 0.5) is 5.82 Å². The summed E-state index contributed by atoms with van der Waals surface area (Å²) in [5, 5.41) is 0. The molecule has 2 N–H and O–H groups in total. The fourth-order valence-corrected chi connectivity index (χ4v) is 2.30. The molecule has 2 aromatic heterocycles. The van der Waals surface area contributed by atoms with Gasteiger partial charge in [0, 0.05) is 12.6 Å². The summed E-state index contributed by atoms with van der Waals surface area (Å²) in [5.74, 6) is 1.70. The van der Waals surface area contributed by atoms with Gasteiger partial charge in [-0.15, -0.1) is 0 Å². The summed E-state index contributed by atoms with van der Waals surface area (Å²) in [5.41, 5.74) is 8.07. The number of aromatic nitrogens is 4. The molecule has 1 aliphatic rings.